The van der Waals surface area contributed by atoms with Gasteiger partial charge in [0.05, 0.1) is 0 Å². The zero-order chi connectivity index (χ0) is 28.7. The second-order valence-corrected chi connectivity index (χ2v) is 9.84. The van der Waals surface area contributed by atoms with Crippen molar-refractivity contribution < 1.29 is 32.3 Å². The summed E-state index contributed by atoms with van der Waals surface area (Å²) in [7, 11) is 0. The van der Waals surface area contributed by atoms with E-state index in [9.17, 15) is 27.6 Å². The molecule has 2 atom stereocenters. The molecule has 0 aromatic heterocycles. The number of amides is 1. The molecule has 0 unspecified atom stereocenters. The molecule has 0 aliphatic carbocycles. The average Bonchev–Trinajstić information content (AvgIpc) is 2.89. The third-order valence-electron chi connectivity index (χ3n) is 5.87. The summed E-state index contributed by atoms with van der Waals surface area (Å²) in [6, 6.07) is 16.5. The van der Waals surface area contributed by atoms with Crippen LogP contribution in [0.1, 0.15) is 30.6 Å². The van der Waals surface area contributed by atoms with Crippen molar-refractivity contribution in [2.45, 2.75) is 38.5 Å². The van der Waals surface area contributed by atoms with Crippen molar-refractivity contribution in [1.29, 1.82) is 0 Å². The molecule has 11 heteroatoms. The van der Waals surface area contributed by atoms with Crippen LogP contribution in [0, 0.1) is 5.92 Å². The predicted molar refractivity (Wildman–Crippen MR) is 148 cm³/mol. The molecule has 0 fully saturated rings. The molecule has 0 spiro atoms. The zero-order valence-corrected chi connectivity index (χ0v) is 22.3. The van der Waals surface area contributed by atoms with Gasteiger partial charge in [-0.05, 0) is 52.4 Å². The Balaban J connectivity index is 2.01. The van der Waals surface area contributed by atoms with Crippen LogP contribution in [-0.2, 0) is 14.3 Å². The molecule has 3 aromatic rings. The number of hydrogen-bond donors (Lipinski definition) is 4. The van der Waals surface area contributed by atoms with Crippen LogP contribution >= 0.6 is 12.6 Å². The highest BCUT2D eigenvalue weighted by Gasteiger charge is 2.43. The molecular weight excluding hydrogens is 531 g/mol. The number of nitrogens with one attached hydrogen (secondary N) is 2. The van der Waals surface area contributed by atoms with E-state index in [1.807, 2.05) is 42.5 Å². The fourth-order valence-corrected chi connectivity index (χ4v) is 4.12. The van der Waals surface area contributed by atoms with Crippen LogP contribution < -0.4 is 16.4 Å². The van der Waals surface area contributed by atoms with Gasteiger partial charge in [0.2, 0.25) is 0 Å². The second kappa shape index (κ2) is 13.0. The summed E-state index contributed by atoms with van der Waals surface area (Å²) >= 11 is 4.19. The van der Waals surface area contributed by atoms with Crippen molar-refractivity contribution >= 4 is 46.9 Å². The Labute approximate surface area is 229 Å². The lowest BCUT2D eigenvalue weighted by Crippen LogP contribution is -2.44. The molecular formula is C28H30F3N3O4S. The van der Waals surface area contributed by atoms with E-state index in [0.717, 1.165) is 16.3 Å². The van der Waals surface area contributed by atoms with Crippen LogP contribution in [0.4, 0.5) is 18.9 Å². The van der Waals surface area contributed by atoms with Crippen LogP contribution in [0.2, 0.25) is 0 Å². The van der Waals surface area contributed by atoms with E-state index in [4.69, 9.17) is 5.73 Å². The standard InChI is InChI=1S/C28H30F3N3O4S/c1-16(2)12-24(26(36)38-27(37)28(29,30)31)34-25(35)22-11-10-19(33-14-18(32)15-39)13-23(22)21-9-5-7-17-6-3-4-8-20(17)21/h3-11,13,16,18,24,33,39H,12,14-15,32H2,1-2H3,(H,34,35)/t18-,24+/m1/s1. The predicted octanol–water partition coefficient (Wildman–Crippen LogP) is 4.95. The molecule has 0 saturated carbocycles. The van der Waals surface area contributed by atoms with Crippen molar-refractivity contribution in [3.63, 3.8) is 0 Å². The lowest BCUT2D eigenvalue weighted by atomic mass is 9.93. The number of thiol groups is 1. The van der Waals surface area contributed by atoms with Gasteiger partial charge < -0.3 is 21.1 Å². The second-order valence-electron chi connectivity index (χ2n) is 9.47. The normalized spacial score (nSPS) is 13.1. The van der Waals surface area contributed by atoms with Gasteiger partial charge in [0.15, 0.2) is 0 Å². The maximum absolute atomic E-state index is 13.5. The van der Waals surface area contributed by atoms with Gasteiger partial charge in [-0.15, -0.1) is 0 Å². The number of benzene rings is 3. The molecule has 0 heterocycles. The van der Waals surface area contributed by atoms with Gasteiger partial charge >= 0.3 is 18.1 Å². The van der Waals surface area contributed by atoms with Gasteiger partial charge in [0.25, 0.3) is 5.91 Å². The van der Waals surface area contributed by atoms with Crippen molar-refractivity contribution in [1.82, 2.24) is 5.32 Å². The van der Waals surface area contributed by atoms with Gasteiger partial charge in [-0.3, -0.25) is 4.79 Å². The Kier molecular flexibility index (Phi) is 9.98. The maximum atomic E-state index is 13.5. The number of ether oxygens (including phenoxy) is 1. The Hall–Kier alpha value is -3.57. The first kappa shape index (κ1) is 30.0. The third-order valence-corrected chi connectivity index (χ3v) is 6.34. The summed E-state index contributed by atoms with van der Waals surface area (Å²) in [4.78, 5) is 37.2. The fourth-order valence-electron chi connectivity index (χ4n) is 3.99. The van der Waals surface area contributed by atoms with Crippen LogP contribution in [-0.4, -0.2) is 48.4 Å². The fraction of sp³-hybridized carbons (Fsp3) is 0.321. The van der Waals surface area contributed by atoms with E-state index in [0.29, 0.717) is 23.5 Å². The summed E-state index contributed by atoms with van der Waals surface area (Å²) < 4.78 is 42.0. The molecule has 0 aliphatic rings. The number of nitrogens with two attached hydrogens (primary N) is 1. The van der Waals surface area contributed by atoms with E-state index in [1.165, 1.54) is 0 Å². The summed E-state index contributed by atoms with van der Waals surface area (Å²) in [6.45, 7) is 3.87. The molecule has 0 aliphatic heterocycles. The largest absolute Gasteiger partial charge is 0.491 e. The SMILES string of the molecule is CC(C)C[C@H](NC(=O)c1ccc(NC[C@@H](N)CS)cc1-c1cccc2ccccc12)C(=O)OC(=O)C(F)(F)F. The Morgan fingerprint density at radius 3 is 2.36 bits per heavy atom. The van der Waals surface area contributed by atoms with Gasteiger partial charge in [-0.25, -0.2) is 9.59 Å². The number of alkyl halides is 3. The summed E-state index contributed by atoms with van der Waals surface area (Å²) in [5.74, 6) is -4.57. The summed E-state index contributed by atoms with van der Waals surface area (Å²) in [5.41, 5.74) is 8.08. The highest BCUT2D eigenvalue weighted by atomic mass is 32.1. The maximum Gasteiger partial charge on any atom is 0.491 e. The molecule has 208 valence electrons. The van der Waals surface area contributed by atoms with E-state index < -0.39 is 30.1 Å². The van der Waals surface area contributed by atoms with Crippen LogP contribution in [0.25, 0.3) is 21.9 Å². The Morgan fingerprint density at radius 1 is 1.00 bits per heavy atom. The lowest BCUT2D eigenvalue weighted by molar-refractivity contribution is -0.202. The molecule has 0 bridgehead atoms. The molecule has 4 N–H and O–H groups in total. The number of esters is 2. The first-order valence-electron chi connectivity index (χ1n) is 12.3. The van der Waals surface area contributed by atoms with Crippen molar-refractivity contribution in [3.05, 3.63) is 66.2 Å². The molecule has 7 nitrogen and oxygen atoms in total. The number of rotatable bonds is 10. The van der Waals surface area contributed by atoms with Gasteiger partial charge in [-0.2, -0.15) is 25.8 Å². The average molecular weight is 562 g/mol. The van der Waals surface area contributed by atoms with E-state index >= 15 is 0 Å². The van der Waals surface area contributed by atoms with E-state index in [-0.39, 0.29) is 23.9 Å². The zero-order valence-electron chi connectivity index (χ0n) is 21.4. The quantitative estimate of drug-likeness (QED) is 0.158. The number of hydrogen-bond acceptors (Lipinski definition) is 7. The van der Waals surface area contributed by atoms with Gasteiger partial charge in [-0.1, -0.05) is 56.3 Å². The van der Waals surface area contributed by atoms with Gasteiger partial charge in [0.1, 0.15) is 6.04 Å². The van der Waals surface area contributed by atoms with Crippen molar-refractivity contribution in [2.24, 2.45) is 11.7 Å². The molecule has 39 heavy (non-hydrogen) atoms. The minimum absolute atomic E-state index is 0.0411. The number of halogens is 3. The van der Waals surface area contributed by atoms with E-state index in [1.54, 1.807) is 32.0 Å². The minimum Gasteiger partial charge on any atom is -0.385 e. The van der Waals surface area contributed by atoms with Gasteiger partial charge in [0, 0.05) is 29.6 Å². The summed E-state index contributed by atoms with van der Waals surface area (Å²) in [5, 5.41) is 7.49. The molecule has 3 aromatic carbocycles. The number of carbonyl (C=O) groups is 3. The first-order valence-corrected chi connectivity index (χ1v) is 12.9. The topological polar surface area (TPSA) is 111 Å². The number of carbonyl (C=O) groups excluding carboxylic acids is 3. The third kappa shape index (κ3) is 7.96. The van der Waals surface area contributed by atoms with Crippen LogP contribution in [0.3, 0.4) is 0 Å². The summed E-state index contributed by atoms with van der Waals surface area (Å²) in [6.07, 6.45) is -5.39. The van der Waals surface area contributed by atoms with Crippen LogP contribution in [0.15, 0.2) is 60.7 Å². The Morgan fingerprint density at radius 2 is 1.69 bits per heavy atom. The van der Waals surface area contributed by atoms with Crippen molar-refractivity contribution in [2.75, 3.05) is 17.6 Å². The highest BCUT2D eigenvalue weighted by molar-refractivity contribution is 7.80. The number of fused-ring (bicyclic) bond motifs is 1. The smallest absolute Gasteiger partial charge is 0.385 e. The highest BCUT2D eigenvalue weighted by Crippen LogP contribution is 2.33. The monoisotopic (exact) mass is 561 g/mol. The minimum atomic E-state index is -5.35. The lowest BCUT2D eigenvalue weighted by Gasteiger charge is -2.21. The molecule has 3 rings (SSSR count). The van der Waals surface area contributed by atoms with Crippen molar-refractivity contribution in [3.8, 4) is 11.1 Å². The molecule has 1 amide bonds. The van der Waals surface area contributed by atoms with Crippen LogP contribution in [0.5, 0.6) is 0 Å². The Bertz CT molecular complexity index is 1340. The first-order chi connectivity index (χ1) is 18.4. The van der Waals surface area contributed by atoms with E-state index in [2.05, 4.69) is 28.0 Å². The number of anilines is 1. The molecule has 0 saturated heterocycles. The molecule has 0 radical (unpaired) electrons.